The van der Waals surface area contributed by atoms with Crippen LogP contribution in [0.4, 0.5) is 0 Å². The molecule has 3 rings (SSSR count). The molecule has 1 amide bonds. The van der Waals surface area contributed by atoms with Crippen LogP contribution in [-0.4, -0.2) is 24.5 Å². The molecule has 0 radical (unpaired) electrons. The van der Waals surface area contributed by atoms with Crippen molar-refractivity contribution in [2.24, 2.45) is 17.8 Å². The first-order valence-electron chi connectivity index (χ1n) is 7.78. The number of nitrogens with one attached hydrogen (secondary N) is 2. The molecule has 0 aromatic rings. The van der Waals surface area contributed by atoms with Crippen molar-refractivity contribution in [2.45, 2.75) is 64.0 Å². The standard InChI is InChI=1S/C15H26N2O/c1-10(13-9-11-5-6-12(13)8-11)17-14-4-2-3-7-16-15(14)18/h10-14,17H,2-9H2,1H3,(H,16,18). The van der Waals surface area contributed by atoms with Crippen LogP contribution < -0.4 is 10.6 Å². The summed E-state index contributed by atoms with van der Waals surface area (Å²) >= 11 is 0. The van der Waals surface area contributed by atoms with Gasteiger partial charge in [0, 0.05) is 12.6 Å². The molecule has 1 saturated heterocycles. The summed E-state index contributed by atoms with van der Waals surface area (Å²) < 4.78 is 0. The van der Waals surface area contributed by atoms with Gasteiger partial charge in [0.05, 0.1) is 6.04 Å². The van der Waals surface area contributed by atoms with Gasteiger partial charge in [-0.25, -0.2) is 0 Å². The lowest BCUT2D eigenvalue weighted by atomic mass is 9.83. The smallest absolute Gasteiger partial charge is 0.237 e. The molecular weight excluding hydrogens is 224 g/mol. The maximum absolute atomic E-state index is 12.0. The number of carbonyl (C=O) groups excluding carboxylic acids is 1. The monoisotopic (exact) mass is 250 g/mol. The minimum Gasteiger partial charge on any atom is -0.355 e. The summed E-state index contributed by atoms with van der Waals surface area (Å²) in [6, 6.07) is 0.566. The maximum Gasteiger partial charge on any atom is 0.237 e. The highest BCUT2D eigenvalue weighted by molar-refractivity contribution is 5.81. The summed E-state index contributed by atoms with van der Waals surface area (Å²) in [5.41, 5.74) is 0. The Morgan fingerprint density at radius 3 is 2.83 bits per heavy atom. The van der Waals surface area contributed by atoms with E-state index in [9.17, 15) is 4.79 Å². The van der Waals surface area contributed by atoms with Gasteiger partial charge in [-0.2, -0.15) is 0 Å². The molecule has 2 N–H and O–H groups in total. The van der Waals surface area contributed by atoms with E-state index in [-0.39, 0.29) is 11.9 Å². The SMILES string of the molecule is CC(NC1CCCCNC1=O)C1CC2CCC1C2. The Bertz CT molecular complexity index is 318. The van der Waals surface area contributed by atoms with E-state index in [0.717, 1.165) is 37.1 Å². The van der Waals surface area contributed by atoms with E-state index in [2.05, 4.69) is 17.6 Å². The van der Waals surface area contributed by atoms with Crippen LogP contribution in [0.1, 0.15) is 51.9 Å². The Labute approximate surface area is 110 Å². The van der Waals surface area contributed by atoms with E-state index < -0.39 is 0 Å². The summed E-state index contributed by atoms with van der Waals surface area (Å²) in [6.07, 6.45) is 9.04. The third-order valence-corrected chi connectivity index (χ3v) is 5.43. The van der Waals surface area contributed by atoms with Crippen molar-refractivity contribution in [3.8, 4) is 0 Å². The number of hydrogen-bond acceptors (Lipinski definition) is 2. The van der Waals surface area contributed by atoms with Crippen molar-refractivity contribution in [3.63, 3.8) is 0 Å². The van der Waals surface area contributed by atoms with Crippen LogP contribution in [0.15, 0.2) is 0 Å². The molecule has 3 nitrogen and oxygen atoms in total. The first-order chi connectivity index (χ1) is 8.74. The van der Waals surface area contributed by atoms with Crippen molar-refractivity contribution < 1.29 is 4.79 Å². The Morgan fingerprint density at radius 1 is 1.22 bits per heavy atom. The van der Waals surface area contributed by atoms with Crippen LogP contribution in [0.3, 0.4) is 0 Å². The van der Waals surface area contributed by atoms with Gasteiger partial charge < -0.3 is 10.6 Å². The summed E-state index contributed by atoms with van der Waals surface area (Å²) in [4.78, 5) is 12.0. The van der Waals surface area contributed by atoms with Crippen molar-refractivity contribution in [1.29, 1.82) is 0 Å². The molecule has 5 unspecified atom stereocenters. The first-order valence-corrected chi connectivity index (χ1v) is 7.78. The van der Waals surface area contributed by atoms with Gasteiger partial charge in [-0.15, -0.1) is 0 Å². The second-order valence-corrected chi connectivity index (χ2v) is 6.63. The van der Waals surface area contributed by atoms with E-state index in [1.165, 1.54) is 32.1 Å². The van der Waals surface area contributed by atoms with Crippen LogP contribution in [0.2, 0.25) is 0 Å². The summed E-state index contributed by atoms with van der Waals surface area (Å²) in [5, 5.41) is 6.65. The Morgan fingerprint density at radius 2 is 2.11 bits per heavy atom. The molecule has 3 fully saturated rings. The van der Waals surface area contributed by atoms with Crippen molar-refractivity contribution in [2.75, 3.05) is 6.54 Å². The topological polar surface area (TPSA) is 41.1 Å². The molecule has 2 aliphatic carbocycles. The summed E-state index contributed by atoms with van der Waals surface area (Å²) in [7, 11) is 0. The van der Waals surface area contributed by atoms with E-state index in [1.807, 2.05) is 0 Å². The minimum atomic E-state index is 0.0571. The molecule has 3 aliphatic rings. The molecule has 102 valence electrons. The Hall–Kier alpha value is -0.570. The minimum absolute atomic E-state index is 0.0571. The third kappa shape index (κ3) is 2.42. The van der Waals surface area contributed by atoms with Crippen LogP contribution in [0, 0.1) is 17.8 Å². The number of fused-ring (bicyclic) bond motifs is 2. The molecule has 3 heteroatoms. The quantitative estimate of drug-likeness (QED) is 0.805. The second kappa shape index (κ2) is 5.20. The van der Waals surface area contributed by atoms with Crippen LogP contribution in [-0.2, 0) is 4.79 Å². The highest BCUT2D eigenvalue weighted by Crippen LogP contribution is 2.49. The zero-order valence-electron chi connectivity index (χ0n) is 11.5. The van der Waals surface area contributed by atoms with Crippen LogP contribution >= 0.6 is 0 Å². The molecule has 0 aromatic carbocycles. The molecule has 1 heterocycles. The molecular formula is C15H26N2O. The largest absolute Gasteiger partial charge is 0.355 e. The molecule has 5 atom stereocenters. The predicted octanol–water partition coefficient (Wildman–Crippen LogP) is 2.07. The molecule has 1 aliphatic heterocycles. The van der Waals surface area contributed by atoms with Gasteiger partial charge in [0.1, 0.15) is 0 Å². The van der Waals surface area contributed by atoms with Crippen LogP contribution in [0.5, 0.6) is 0 Å². The third-order valence-electron chi connectivity index (χ3n) is 5.43. The van der Waals surface area contributed by atoms with Crippen molar-refractivity contribution in [1.82, 2.24) is 10.6 Å². The van der Waals surface area contributed by atoms with Gasteiger partial charge >= 0.3 is 0 Å². The lowest BCUT2D eigenvalue weighted by Gasteiger charge is -2.31. The van der Waals surface area contributed by atoms with E-state index in [1.54, 1.807) is 0 Å². The summed E-state index contributed by atoms with van der Waals surface area (Å²) in [5.74, 6) is 2.97. The zero-order valence-corrected chi connectivity index (χ0v) is 11.5. The highest BCUT2D eigenvalue weighted by atomic mass is 16.2. The van der Waals surface area contributed by atoms with E-state index in [0.29, 0.717) is 6.04 Å². The van der Waals surface area contributed by atoms with Gasteiger partial charge in [-0.3, -0.25) is 4.79 Å². The molecule has 0 spiro atoms. The molecule has 18 heavy (non-hydrogen) atoms. The lowest BCUT2D eigenvalue weighted by molar-refractivity contribution is -0.123. The van der Waals surface area contributed by atoms with E-state index >= 15 is 0 Å². The fourth-order valence-corrected chi connectivity index (χ4v) is 4.45. The number of hydrogen-bond donors (Lipinski definition) is 2. The van der Waals surface area contributed by atoms with Gasteiger partial charge in [0.25, 0.3) is 0 Å². The fraction of sp³-hybridized carbons (Fsp3) is 0.933. The number of carbonyl (C=O) groups is 1. The number of amides is 1. The normalized spacial score (nSPS) is 41.5. The Balaban J connectivity index is 1.56. The highest BCUT2D eigenvalue weighted by Gasteiger charge is 2.42. The maximum atomic E-state index is 12.0. The van der Waals surface area contributed by atoms with Gasteiger partial charge in [-0.05, 0) is 63.2 Å². The lowest BCUT2D eigenvalue weighted by Crippen LogP contribution is -2.49. The first kappa shape index (κ1) is 12.5. The predicted molar refractivity (Wildman–Crippen MR) is 72.2 cm³/mol. The van der Waals surface area contributed by atoms with Crippen molar-refractivity contribution >= 4 is 5.91 Å². The molecule has 2 bridgehead atoms. The average Bonchev–Trinajstić information content (AvgIpc) is 2.93. The second-order valence-electron chi connectivity index (χ2n) is 6.63. The molecule has 2 saturated carbocycles. The van der Waals surface area contributed by atoms with E-state index in [4.69, 9.17) is 0 Å². The summed E-state index contributed by atoms with van der Waals surface area (Å²) in [6.45, 7) is 3.16. The van der Waals surface area contributed by atoms with Gasteiger partial charge in [0.2, 0.25) is 5.91 Å². The average molecular weight is 250 g/mol. The van der Waals surface area contributed by atoms with Gasteiger partial charge in [0.15, 0.2) is 0 Å². The fourth-order valence-electron chi connectivity index (χ4n) is 4.45. The number of rotatable bonds is 3. The van der Waals surface area contributed by atoms with Crippen LogP contribution in [0.25, 0.3) is 0 Å². The molecule has 0 aromatic heterocycles. The van der Waals surface area contributed by atoms with Gasteiger partial charge in [-0.1, -0.05) is 6.42 Å². The Kier molecular flexibility index (Phi) is 3.60. The zero-order chi connectivity index (χ0) is 12.5. The van der Waals surface area contributed by atoms with Crippen molar-refractivity contribution in [3.05, 3.63) is 0 Å².